The van der Waals surface area contributed by atoms with E-state index in [0.29, 0.717) is 24.8 Å². The predicted molar refractivity (Wildman–Crippen MR) is 98.4 cm³/mol. The van der Waals surface area contributed by atoms with Crippen LogP contribution in [0.3, 0.4) is 0 Å². The molecular weight excluding hydrogens is 340 g/mol. The van der Waals surface area contributed by atoms with Crippen LogP contribution in [0.2, 0.25) is 0 Å². The van der Waals surface area contributed by atoms with Gasteiger partial charge in [-0.05, 0) is 48.4 Å². The molecule has 1 unspecified atom stereocenters. The largest absolute Gasteiger partial charge is 0.467 e. The number of amides is 1. The summed E-state index contributed by atoms with van der Waals surface area (Å²) in [7, 11) is 0. The third-order valence-corrected chi connectivity index (χ3v) is 4.19. The van der Waals surface area contributed by atoms with Crippen molar-refractivity contribution in [1.82, 2.24) is 16.0 Å². The Bertz CT molecular complexity index is 666. The fourth-order valence-electron chi connectivity index (χ4n) is 2.08. The lowest BCUT2D eigenvalue weighted by Crippen LogP contribution is -2.44. The van der Waals surface area contributed by atoms with Crippen LogP contribution in [-0.4, -0.2) is 36.6 Å². The molecule has 0 fully saturated rings. The van der Waals surface area contributed by atoms with E-state index in [1.54, 1.807) is 25.3 Å². The summed E-state index contributed by atoms with van der Waals surface area (Å²) in [6.07, 6.45) is 1.56. The zero-order chi connectivity index (χ0) is 18.1. The molecule has 8 heteroatoms. The number of thiophene rings is 1. The van der Waals surface area contributed by atoms with Crippen LogP contribution in [-0.2, 0) is 16.9 Å². The van der Waals surface area contributed by atoms with Gasteiger partial charge in [0.1, 0.15) is 17.9 Å². The summed E-state index contributed by atoms with van der Waals surface area (Å²) in [6, 6.07) is 5.45. The van der Waals surface area contributed by atoms with Gasteiger partial charge in [0.25, 0.3) is 0 Å². The molecule has 2 aromatic heterocycles. The third-order valence-electron chi connectivity index (χ3n) is 3.51. The minimum absolute atomic E-state index is 0.0172. The van der Waals surface area contributed by atoms with E-state index in [4.69, 9.17) is 4.42 Å². The predicted octanol–water partition coefficient (Wildman–Crippen LogP) is 1.42. The molecule has 0 saturated carbocycles. The zero-order valence-electron chi connectivity index (χ0n) is 14.4. The van der Waals surface area contributed by atoms with E-state index in [1.807, 2.05) is 23.8 Å². The third kappa shape index (κ3) is 6.24. The van der Waals surface area contributed by atoms with E-state index in [0.717, 1.165) is 5.56 Å². The number of guanidine groups is 1. The molecule has 4 N–H and O–H groups in total. The monoisotopic (exact) mass is 364 g/mol. The van der Waals surface area contributed by atoms with Crippen LogP contribution in [0.1, 0.15) is 25.2 Å². The minimum atomic E-state index is -1.02. The second-order valence-corrected chi connectivity index (χ2v) is 6.47. The van der Waals surface area contributed by atoms with Gasteiger partial charge in [0.2, 0.25) is 5.91 Å². The van der Waals surface area contributed by atoms with E-state index in [9.17, 15) is 9.90 Å². The van der Waals surface area contributed by atoms with Crippen LogP contribution in [0.15, 0.2) is 44.6 Å². The van der Waals surface area contributed by atoms with Gasteiger partial charge in [-0.15, -0.1) is 0 Å². The summed E-state index contributed by atoms with van der Waals surface area (Å²) in [6.45, 7) is 4.92. The minimum Gasteiger partial charge on any atom is -0.467 e. The normalized spacial score (nSPS) is 14.0. The van der Waals surface area contributed by atoms with Gasteiger partial charge in [-0.2, -0.15) is 11.3 Å². The van der Waals surface area contributed by atoms with Crippen LogP contribution < -0.4 is 16.0 Å². The van der Waals surface area contributed by atoms with Crippen molar-refractivity contribution in [2.45, 2.75) is 26.0 Å². The molecule has 0 bridgehead atoms. The van der Waals surface area contributed by atoms with E-state index < -0.39 is 5.60 Å². The highest BCUT2D eigenvalue weighted by Gasteiger charge is 2.23. The number of hydrogen-bond acceptors (Lipinski definition) is 5. The molecule has 2 rings (SSSR count). The van der Waals surface area contributed by atoms with Gasteiger partial charge >= 0.3 is 0 Å². The molecule has 1 atom stereocenters. The van der Waals surface area contributed by atoms with Crippen molar-refractivity contribution in [2.75, 3.05) is 19.6 Å². The van der Waals surface area contributed by atoms with Crippen molar-refractivity contribution in [3.63, 3.8) is 0 Å². The average molecular weight is 364 g/mol. The number of rotatable bonds is 8. The highest BCUT2D eigenvalue weighted by Crippen LogP contribution is 2.21. The molecule has 1 amide bonds. The number of nitrogens with zero attached hydrogens (tertiary/aromatic N) is 1. The van der Waals surface area contributed by atoms with Gasteiger partial charge in [-0.25, -0.2) is 4.99 Å². The fraction of sp³-hybridized carbons (Fsp3) is 0.412. The number of hydrogen-bond donors (Lipinski definition) is 4. The summed E-state index contributed by atoms with van der Waals surface area (Å²) in [5.41, 5.74) is -0.172. The Labute approximate surface area is 151 Å². The molecule has 0 aliphatic heterocycles. The molecule has 25 heavy (non-hydrogen) atoms. The Morgan fingerprint density at radius 1 is 1.36 bits per heavy atom. The molecule has 0 aromatic carbocycles. The second-order valence-electron chi connectivity index (χ2n) is 5.69. The summed E-state index contributed by atoms with van der Waals surface area (Å²) in [5.74, 6) is 0.957. The molecular formula is C17H24N4O3S. The Balaban J connectivity index is 1.84. The summed E-state index contributed by atoms with van der Waals surface area (Å²) < 4.78 is 5.16. The number of carbonyl (C=O) groups excluding carboxylic acids is 1. The quantitative estimate of drug-likeness (QED) is 0.419. The molecule has 0 aliphatic rings. The van der Waals surface area contributed by atoms with Crippen LogP contribution in [0, 0.1) is 0 Å². The van der Waals surface area contributed by atoms with Crippen molar-refractivity contribution >= 4 is 23.2 Å². The van der Waals surface area contributed by atoms with Crippen molar-refractivity contribution in [1.29, 1.82) is 0 Å². The molecule has 0 saturated heterocycles. The summed E-state index contributed by atoms with van der Waals surface area (Å²) in [4.78, 5) is 16.1. The van der Waals surface area contributed by atoms with Crippen molar-refractivity contribution in [2.24, 2.45) is 4.99 Å². The number of nitrogens with one attached hydrogen (secondary N) is 3. The highest BCUT2D eigenvalue weighted by molar-refractivity contribution is 7.08. The number of carbonyl (C=O) groups is 1. The lowest BCUT2D eigenvalue weighted by Gasteiger charge is -2.24. The number of aliphatic imine (C=N–C) groups is 1. The molecule has 2 aromatic rings. The Morgan fingerprint density at radius 3 is 2.84 bits per heavy atom. The Morgan fingerprint density at radius 2 is 2.20 bits per heavy atom. The molecule has 136 valence electrons. The first-order chi connectivity index (χ1) is 12.0. The van der Waals surface area contributed by atoms with Crippen LogP contribution in [0.5, 0.6) is 0 Å². The van der Waals surface area contributed by atoms with Crippen LogP contribution >= 0.6 is 11.3 Å². The maximum atomic E-state index is 11.9. The van der Waals surface area contributed by atoms with Crippen molar-refractivity contribution in [3.05, 3.63) is 46.5 Å². The standard InChI is InChI=1S/C17H24N4O3S/c1-3-18-16(21-12-17(2,23)13-6-8-25-11-13)20-10-15(22)19-9-14-5-4-7-24-14/h4-8,11,23H,3,9-10,12H2,1-2H3,(H,19,22)(H2,18,20,21). The smallest absolute Gasteiger partial charge is 0.242 e. The lowest BCUT2D eigenvalue weighted by molar-refractivity contribution is -0.119. The van der Waals surface area contributed by atoms with E-state index in [2.05, 4.69) is 20.9 Å². The number of aliphatic hydroxyl groups is 1. The molecule has 0 spiro atoms. The molecule has 7 nitrogen and oxygen atoms in total. The highest BCUT2D eigenvalue weighted by atomic mass is 32.1. The van der Waals surface area contributed by atoms with Gasteiger partial charge in [0.15, 0.2) is 5.96 Å². The Hall–Kier alpha value is -2.32. The van der Waals surface area contributed by atoms with Gasteiger partial charge in [0, 0.05) is 6.54 Å². The van der Waals surface area contributed by atoms with E-state index in [1.165, 1.54) is 11.3 Å². The summed E-state index contributed by atoms with van der Waals surface area (Å²) in [5, 5.41) is 23.2. The lowest BCUT2D eigenvalue weighted by atomic mass is 9.99. The first-order valence-corrected chi connectivity index (χ1v) is 9.02. The van der Waals surface area contributed by atoms with Crippen molar-refractivity contribution < 1.29 is 14.3 Å². The Kier molecular flexibility index (Phi) is 7.03. The first kappa shape index (κ1) is 19.0. The van der Waals surface area contributed by atoms with Crippen molar-refractivity contribution in [3.8, 4) is 0 Å². The van der Waals surface area contributed by atoms with Crippen LogP contribution in [0.4, 0.5) is 0 Å². The van der Waals surface area contributed by atoms with Gasteiger partial charge in [0.05, 0.1) is 19.4 Å². The maximum Gasteiger partial charge on any atom is 0.242 e. The SMILES string of the molecule is CCNC(=NCC(=O)NCc1ccco1)NCC(C)(O)c1ccsc1. The van der Waals surface area contributed by atoms with Gasteiger partial charge < -0.3 is 25.5 Å². The van der Waals surface area contributed by atoms with Gasteiger partial charge in [-0.1, -0.05) is 0 Å². The first-order valence-electron chi connectivity index (χ1n) is 8.07. The number of furan rings is 1. The molecule has 0 radical (unpaired) electrons. The average Bonchev–Trinajstić information content (AvgIpc) is 3.29. The summed E-state index contributed by atoms with van der Waals surface area (Å²) >= 11 is 1.54. The molecule has 2 heterocycles. The maximum absolute atomic E-state index is 11.9. The molecule has 0 aliphatic carbocycles. The van der Waals surface area contributed by atoms with Crippen LogP contribution in [0.25, 0.3) is 0 Å². The zero-order valence-corrected chi connectivity index (χ0v) is 15.2. The topological polar surface area (TPSA) is 98.9 Å². The van der Waals surface area contributed by atoms with Gasteiger partial charge in [-0.3, -0.25) is 4.79 Å². The fourth-order valence-corrected chi connectivity index (χ4v) is 2.86. The van der Waals surface area contributed by atoms with E-state index >= 15 is 0 Å². The second kappa shape index (κ2) is 9.24. The van der Waals surface area contributed by atoms with E-state index in [-0.39, 0.29) is 19.0 Å².